The van der Waals surface area contributed by atoms with Crippen LogP contribution in [0.5, 0.6) is 5.75 Å². The van der Waals surface area contributed by atoms with Gasteiger partial charge in [-0.25, -0.2) is 4.21 Å². The second-order valence-corrected chi connectivity index (χ2v) is 19.3. The maximum Gasteiger partial charge on any atom is 0.263 e. The summed E-state index contributed by atoms with van der Waals surface area (Å²) in [5, 5.41) is 0.517. The van der Waals surface area contributed by atoms with E-state index >= 15 is 0 Å². The molecule has 2 fully saturated rings. The molecule has 1 aliphatic carbocycles. The van der Waals surface area contributed by atoms with Crippen molar-refractivity contribution in [2.24, 2.45) is 17.6 Å². The van der Waals surface area contributed by atoms with Crippen molar-refractivity contribution in [3.05, 3.63) is 94.0 Å². The van der Waals surface area contributed by atoms with E-state index in [1.54, 1.807) is 0 Å². The van der Waals surface area contributed by atoms with Gasteiger partial charge in [0.2, 0.25) is 0 Å². The Balaban J connectivity index is 1.27. The van der Waals surface area contributed by atoms with Gasteiger partial charge in [-0.15, -0.1) is 0 Å². The number of carbonyl (C=O) groups is 1. The van der Waals surface area contributed by atoms with Crippen LogP contribution in [0.25, 0.3) is 0 Å². The third kappa shape index (κ3) is 11.0. The summed E-state index contributed by atoms with van der Waals surface area (Å²) in [7, 11) is 0.405. The maximum absolute atomic E-state index is 13.8. The van der Waals surface area contributed by atoms with Gasteiger partial charge in [0.05, 0.1) is 23.1 Å². The highest BCUT2D eigenvalue weighted by Crippen LogP contribution is 2.50. The summed E-state index contributed by atoms with van der Waals surface area (Å²) in [4.78, 5) is 18.9. The van der Waals surface area contributed by atoms with E-state index in [1.165, 1.54) is 30.4 Å². The fourth-order valence-electron chi connectivity index (χ4n) is 10.1. The van der Waals surface area contributed by atoms with E-state index in [9.17, 15) is 9.00 Å². The van der Waals surface area contributed by atoms with Gasteiger partial charge in [0.1, 0.15) is 16.7 Å². The topological polar surface area (TPSA) is 97.1 Å². The number of hydrogen-bond acceptors (Lipinski definition) is 7. The number of piperidine rings is 1. The second-order valence-electron chi connectivity index (χ2n) is 17.2. The van der Waals surface area contributed by atoms with Crippen LogP contribution in [0.3, 0.4) is 0 Å². The minimum atomic E-state index is -1.55. The summed E-state index contributed by atoms with van der Waals surface area (Å²) in [6, 6.07) is 22.6. The number of nitrogens with zero attached hydrogens (tertiary/aromatic N) is 2. The quantitative estimate of drug-likeness (QED) is 0.117. The van der Waals surface area contributed by atoms with E-state index in [2.05, 4.69) is 40.5 Å². The summed E-state index contributed by atoms with van der Waals surface area (Å²) in [6.45, 7) is 11.4. The lowest BCUT2D eigenvalue weighted by Gasteiger charge is -2.52. The molecule has 3 aromatic rings. The molecular formula is C48H69ClN4O4S. The predicted octanol–water partition coefficient (Wildman–Crippen LogP) is 9.49. The molecule has 58 heavy (non-hydrogen) atoms. The molecule has 2 aliphatic heterocycles. The van der Waals surface area contributed by atoms with Crippen molar-refractivity contribution in [3.8, 4) is 5.75 Å². The number of aryl methyl sites for hydroxylation is 1. The minimum Gasteiger partial charge on any atom is -0.491 e. The van der Waals surface area contributed by atoms with Gasteiger partial charge in [-0.05, 0) is 130 Å². The monoisotopic (exact) mass is 832 g/mol. The lowest BCUT2D eigenvalue weighted by atomic mass is 9.61. The van der Waals surface area contributed by atoms with Crippen LogP contribution < -0.4 is 20.1 Å². The number of anilines is 1. The van der Waals surface area contributed by atoms with E-state index in [-0.39, 0.29) is 22.7 Å². The average Bonchev–Trinajstić information content (AvgIpc) is 3.40. The number of likely N-dealkylation sites (tertiary alicyclic amines) is 1. The highest BCUT2D eigenvalue weighted by molar-refractivity contribution is 7.84. The molecule has 6 unspecified atom stereocenters. The highest BCUT2D eigenvalue weighted by Gasteiger charge is 2.48. The number of fused-ring (bicyclic) bond motifs is 1. The van der Waals surface area contributed by atoms with Crippen LogP contribution >= 0.6 is 11.6 Å². The molecule has 1 amide bonds. The van der Waals surface area contributed by atoms with Crippen molar-refractivity contribution in [2.45, 2.75) is 127 Å². The van der Waals surface area contributed by atoms with Crippen molar-refractivity contribution in [1.82, 2.24) is 9.62 Å². The summed E-state index contributed by atoms with van der Waals surface area (Å²) in [5.41, 5.74) is 10.9. The second kappa shape index (κ2) is 21.5. The Labute approximate surface area is 356 Å². The van der Waals surface area contributed by atoms with Crippen LogP contribution in [0.2, 0.25) is 5.02 Å². The van der Waals surface area contributed by atoms with Crippen LogP contribution in [0.4, 0.5) is 5.69 Å². The summed E-state index contributed by atoms with van der Waals surface area (Å²) in [6.07, 6.45) is 14.3. The van der Waals surface area contributed by atoms with E-state index in [1.807, 2.05) is 68.6 Å². The molecule has 8 nitrogen and oxygen atoms in total. The first-order chi connectivity index (χ1) is 28.2. The Morgan fingerprint density at radius 3 is 2.60 bits per heavy atom. The lowest BCUT2D eigenvalue weighted by Crippen LogP contribution is -2.53. The number of nitrogens with one attached hydrogen (secondary N) is 1. The maximum atomic E-state index is 13.8. The molecule has 3 aromatic carbocycles. The number of halogens is 1. The first-order valence-corrected chi connectivity index (χ1v) is 23.8. The molecule has 10 heteroatoms. The Kier molecular flexibility index (Phi) is 16.6. The van der Waals surface area contributed by atoms with E-state index in [0.717, 1.165) is 106 Å². The molecule has 7 atom stereocenters. The van der Waals surface area contributed by atoms with E-state index in [0.29, 0.717) is 43.0 Å². The molecule has 0 spiro atoms. The summed E-state index contributed by atoms with van der Waals surface area (Å²) >= 11 is 6.55. The summed E-state index contributed by atoms with van der Waals surface area (Å²) < 4.78 is 29.6. The molecule has 3 N–H and O–H groups in total. The lowest BCUT2D eigenvalue weighted by molar-refractivity contribution is -0.124. The van der Waals surface area contributed by atoms with Crippen molar-refractivity contribution < 1.29 is 18.5 Å². The molecule has 1 saturated heterocycles. The Bertz CT molecular complexity index is 1790. The molecule has 0 bridgehead atoms. The number of carbonyl (C=O) groups excluding carboxylic acids is 1. The number of benzene rings is 3. The molecule has 318 valence electrons. The van der Waals surface area contributed by atoms with E-state index < -0.39 is 11.0 Å². The molecule has 0 aromatic heterocycles. The number of methoxy groups -OCH3 is 1. The third-order valence-electron chi connectivity index (χ3n) is 13.4. The van der Waals surface area contributed by atoms with Gasteiger partial charge in [-0.3, -0.25) is 14.4 Å². The fourth-order valence-corrected chi connectivity index (χ4v) is 11.1. The molecular weight excluding hydrogens is 764 g/mol. The third-order valence-corrected chi connectivity index (χ3v) is 14.9. The van der Waals surface area contributed by atoms with Crippen molar-refractivity contribution >= 4 is 34.2 Å². The van der Waals surface area contributed by atoms with Crippen LogP contribution in [-0.4, -0.2) is 78.3 Å². The van der Waals surface area contributed by atoms with Gasteiger partial charge < -0.3 is 20.1 Å². The van der Waals surface area contributed by atoms with Gasteiger partial charge in [0.15, 0.2) is 0 Å². The number of rotatable bonds is 20. The first-order valence-electron chi connectivity index (χ1n) is 22.2. The minimum absolute atomic E-state index is 0.112. The van der Waals surface area contributed by atoms with Gasteiger partial charge in [0.25, 0.3) is 5.91 Å². The van der Waals surface area contributed by atoms with Crippen LogP contribution in [-0.2, 0) is 28.6 Å². The number of amides is 1. The smallest absolute Gasteiger partial charge is 0.263 e. The molecule has 2 heterocycles. The molecule has 3 aliphatic rings. The van der Waals surface area contributed by atoms with E-state index in [4.69, 9.17) is 26.8 Å². The van der Waals surface area contributed by atoms with Gasteiger partial charge in [-0.1, -0.05) is 87.5 Å². The Hall–Kier alpha value is -2.95. The molecule has 6 rings (SSSR count). The Morgan fingerprint density at radius 2 is 1.88 bits per heavy atom. The fraction of sp³-hybridized carbons (Fsp3) is 0.604. The van der Waals surface area contributed by atoms with Crippen LogP contribution in [0.15, 0.2) is 66.7 Å². The normalized spacial score (nSPS) is 23.1. The largest absolute Gasteiger partial charge is 0.491 e. The standard InChI is InChI=1S/C48H69ClN4O4S/c1-5-7-24-48(56-4,25-23-42-16-11-12-27-52(42)28-26-50)44-21-17-39(44)32-53-33-40(43-20-19-41(49)30-37(43)13-6-2)34-57-46-22-18-38(31-45(46)53)47(54)51-58(55)35(3)29-36-14-9-8-10-15-36/h8-10,14-15,18-20,22,30-31,35,39-40,42,44H,5-7,11-13,16-17,21,23-29,32-34,50H2,1-4H3,(H,51,54)/t35?,39?,40?,42?,44?,48-,58?/m1/s1. The number of ether oxygens (including phenoxy) is 2. The van der Waals surface area contributed by atoms with Gasteiger partial charge >= 0.3 is 0 Å². The highest BCUT2D eigenvalue weighted by atomic mass is 35.5. The zero-order chi connectivity index (χ0) is 41.1. The van der Waals surface area contributed by atoms with Crippen molar-refractivity contribution in [2.75, 3.05) is 51.3 Å². The Morgan fingerprint density at radius 1 is 1.05 bits per heavy atom. The first kappa shape index (κ1) is 44.6. The predicted molar refractivity (Wildman–Crippen MR) is 241 cm³/mol. The number of unbranched alkanes of at least 4 members (excludes halogenated alkanes) is 1. The van der Waals surface area contributed by atoms with Crippen LogP contribution in [0.1, 0.15) is 124 Å². The SMILES string of the molecule is CCCC[C@](CCC1CCCCN1CCN)(OC)C1CCC1CN1CC(c2ccc(Cl)cc2CCC)COc2ccc(C(=O)NS(=O)C(C)Cc3ccccc3)cc21. The molecule has 1 saturated carbocycles. The average molecular weight is 834 g/mol. The van der Waals surface area contributed by atoms with Crippen LogP contribution in [0, 0.1) is 11.8 Å². The number of nitrogens with two attached hydrogens (primary N) is 1. The zero-order valence-corrected chi connectivity index (χ0v) is 37.1. The number of hydrogen-bond donors (Lipinski definition) is 2. The van der Waals surface area contributed by atoms with Crippen molar-refractivity contribution in [3.63, 3.8) is 0 Å². The zero-order valence-electron chi connectivity index (χ0n) is 35.6. The van der Waals surface area contributed by atoms with Gasteiger partial charge in [-0.2, -0.15) is 0 Å². The molecule has 0 radical (unpaired) electrons. The van der Waals surface area contributed by atoms with Gasteiger partial charge in [0, 0.05) is 55.8 Å². The summed E-state index contributed by atoms with van der Waals surface area (Å²) in [5.74, 6) is 1.42. The van der Waals surface area contributed by atoms with Crippen molar-refractivity contribution in [1.29, 1.82) is 0 Å².